The average molecular weight is 462 g/mol. The summed E-state index contributed by atoms with van der Waals surface area (Å²) in [5, 5.41) is 4.25. The quantitative estimate of drug-likeness (QED) is 0.300. The van der Waals surface area contributed by atoms with Crippen LogP contribution in [-0.2, 0) is 4.74 Å². The van der Waals surface area contributed by atoms with Crippen LogP contribution >= 0.6 is 0 Å². The summed E-state index contributed by atoms with van der Waals surface area (Å²) in [7, 11) is 6.32. The van der Waals surface area contributed by atoms with Crippen molar-refractivity contribution in [2.24, 2.45) is 0 Å². The molecule has 0 atom stereocenters. The first-order valence-corrected chi connectivity index (χ1v) is 10.7. The summed E-state index contributed by atoms with van der Waals surface area (Å²) in [5.41, 5.74) is 3.98. The van der Waals surface area contributed by atoms with E-state index in [0.717, 1.165) is 33.3 Å². The maximum atomic E-state index is 12.0. The van der Waals surface area contributed by atoms with E-state index in [1.165, 1.54) is 7.05 Å². The fourth-order valence-corrected chi connectivity index (χ4v) is 3.97. The Kier molecular flexibility index (Phi) is 6.58. The van der Waals surface area contributed by atoms with Gasteiger partial charge >= 0.3 is 6.09 Å². The van der Waals surface area contributed by atoms with Crippen molar-refractivity contribution in [2.45, 2.75) is 6.92 Å². The van der Waals surface area contributed by atoms with E-state index in [1.54, 1.807) is 21.3 Å². The summed E-state index contributed by atoms with van der Waals surface area (Å²) in [6, 6.07) is 17.5. The number of hydrogen-bond acceptors (Lipinski definition) is 7. The number of carbonyl (C=O) groups is 1. The number of alkyl carbamates (subject to hydrolysis) is 1. The third-order valence-corrected chi connectivity index (χ3v) is 5.61. The molecule has 0 spiro atoms. The fraction of sp³-hybridized carbons (Fsp3) is 0.231. The van der Waals surface area contributed by atoms with Gasteiger partial charge in [-0.2, -0.15) is 0 Å². The van der Waals surface area contributed by atoms with Gasteiger partial charge in [-0.05, 0) is 36.8 Å². The molecule has 0 radical (unpaired) electrons. The van der Waals surface area contributed by atoms with Crippen LogP contribution in [0.2, 0.25) is 0 Å². The normalized spacial score (nSPS) is 10.7. The van der Waals surface area contributed by atoms with Gasteiger partial charge in [0.1, 0.15) is 5.75 Å². The molecule has 176 valence electrons. The molecule has 0 saturated carbocycles. The van der Waals surface area contributed by atoms with Crippen molar-refractivity contribution < 1.29 is 23.7 Å². The van der Waals surface area contributed by atoms with Gasteiger partial charge in [-0.1, -0.05) is 18.2 Å². The molecule has 4 rings (SSSR count). The van der Waals surface area contributed by atoms with Crippen LogP contribution in [0.15, 0.2) is 54.6 Å². The third-order valence-electron chi connectivity index (χ3n) is 5.61. The van der Waals surface area contributed by atoms with Gasteiger partial charge in [-0.25, -0.2) is 9.78 Å². The monoisotopic (exact) mass is 461 g/mol. The van der Waals surface area contributed by atoms with Gasteiger partial charge in [0.05, 0.1) is 38.1 Å². The highest BCUT2D eigenvalue weighted by Crippen LogP contribution is 2.46. The topological polar surface area (TPSA) is 82.2 Å². The van der Waals surface area contributed by atoms with Gasteiger partial charge in [0.15, 0.2) is 18.2 Å². The lowest BCUT2D eigenvalue weighted by molar-refractivity contribution is 0.151. The largest absolute Gasteiger partial charge is 0.496 e. The number of aryl methyl sites for hydroxylation is 1. The SMILES string of the molecule is CNC(=O)OCN(c1ccccc1)c1c(OC)c(OC)cc2nc3cc(OC)c(C)cc3cc12. The van der Waals surface area contributed by atoms with Crippen molar-refractivity contribution in [1.29, 1.82) is 0 Å². The van der Waals surface area contributed by atoms with E-state index in [-0.39, 0.29) is 6.73 Å². The molecule has 0 unspecified atom stereocenters. The molecule has 0 fully saturated rings. The molecule has 1 heterocycles. The Morgan fingerprint density at radius 2 is 1.65 bits per heavy atom. The lowest BCUT2D eigenvalue weighted by atomic mass is 10.0. The number of carbonyl (C=O) groups excluding carboxylic acids is 1. The predicted octanol–water partition coefficient (Wildman–Crippen LogP) is 5.17. The van der Waals surface area contributed by atoms with Crippen molar-refractivity contribution in [3.8, 4) is 17.2 Å². The van der Waals surface area contributed by atoms with Crippen molar-refractivity contribution in [2.75, 3.05) is 40.0 Å². The van der Waals surface area contributed by atoms with E-state index in [1.807, 2.05) is 60.4 Å². The fourth-order valence-electron chi connectivity index (χ4n) is 3.97. The number of fused-ring (bicyclic) bond motifs is 2. The molecule has 4 aromatic rings. The highest BCUT2D eigenvalue weighted by molar-refractivity contribution is 6.05. The molecular formula is C26H27N3O5. The minimum absolute atomic E-state index is 0.0536. The molecular weight excluding hydrogens is 434 g/mol. The zero-order valence-corrected chi connectivity index (χ0v) is 19.8. The van der Waals surface area contributed by atoms with Crippen LogP contribution in [0.25, 0.3) is 21.8 Å². The van der Waals surface area contributed by atoms with E-state index in [0.29, 0.717) is 22.7 Å². The zero-order chi connectivity index (χ0) is 24.2. The zero-order valence-electron chi connectivity index (χ0n) is 19.8. The lowest BCUT2D eigenvalue weighted by Gasteiger charge is -2.28. The Morgan fingerprint density at radius 3 is 2.29 bits per heavy atom. The number of rotatable bonds is 7. The second kappa shape index (κ2) is 9.74. The Hall–Kier alpha value is -4.20. The molecule has 8 heteroatoms. The number of pyridine rings is 1. The minimum atomic E-state index is -0.543. The van der Waals surface area contributed by atoms with Gasteiger partial charge in [0, 0.05) is 35.6 Å². The molecule has 3 aromatic carbocycles. The molecule has 34 heavy (non-hydrogen) atoms. The van der Waals surface area contributed by atoms with Crippen molar-refractivity contribution in [3.63, 3.8) is 0 Å². The molecule has 1 N–H and O–H groups in total. The van der Waals surface area contributed by atoms with Crippen LogP contribution in [0.4, 0.5) is 16.2 Å². The number of anilines is 2. The van der Waals surface area contributed by atoms with Crippen LogP contribution in [0.3, 0.4) is 0 Å². The summed E-state index contributed by atoms with van der Waals surface area (Å²) in [6.07, 6.45) is -0.543. The van der Waals surface area contributed by atoms with Crippen molar-refractivity contribution in [3.05, 3.63) is 60.2 Å². The van der Waals surface area contributed by atoms with Crippen molar-refractivity contribution >= 4 is 39.3 Å². The Bertz CT molecular complexity index is 1340. The first kappa shape index (κ1) is 23.0. The molecule has 8 nitrogen and oxygen atoms in total. The van der Waals surface area contributed by atoms with Crippen molar-refractivity contribution in [1.82, 2.24) is 10.3 Å². The van der Waals surface area contributed by atoms with Gasteiger partial charge in [-0.3, -0.25) is 0 Å². The molecule has 0 bridgehead atoms. The predicted molar refractivity (Wildman–Crippen MR) is 133 cm³/mol. The number of hydrogen-bond donors (Lipinski definition) is 1. The molecule has 0 aliphatic heterocycles. The third kappa shape index (κ3) is 4.22. The molecule has 1 aromatic heterocycles. The number of benzene rings is 3. The van der Waals surface area contributed by atoms with E-state index in [2.05, 4.69) is 11.4 Å². The van der Waals surface area contributed by atoms with E-state index in [4.69, 9.17) is 23.9 Å². The summed E-state index contributed by atoms with van der Waals surface area (Å²) < 4.78 is 22.4. The Balaban J connectivity index is 2.04. The number of amides is 1. The summed E-state index contributed by atoms with van der Waals surface area (Å²) in [5.74, 6) is 1.78. The van der Waals surface area contributed by atoms with E-state index < -0.39 is 6.09 Å². The van der Waals surface area contributed by atoms with Crippen LogP contribution in [0.1, 0.15) is 5.56 Å². The van der Waals surface area contributed by atoms with Gasteiger partial charge in [0.2, 0.25) is 0 Å². The number of nitrogens with one attached hydrogen (secondary N) is 1. The lowest BCUT2D eigenvalue weighted by Crippen LogP contribution is -2.28. The highest BCUT2D eigenvalue weighted by Gasteiger charge is 2.24. The van der Waals surface area contributed by atoms with Gasteiger partial charge in [0.25, 0.3) is 0 Å². The molecule has 1 amide bonds. The molecule has 0 aliphatic carbocycles. The summed E-state index contributed by atoms with van der Waals surface area (Å²) in [6.45, 7) is 1.94. The summed E-state index contributed by atoms with van der Waals surface area (Å²) in [4.78, 5) is 18.7. The van der Waals surface area contributed by atoms with Gasteiger partial charge < -0.3 is 29.2 Å². The second-order valence-corrected chi connectivity index (χ2v) is 7.60. The number of aromatic nitrogens is 1. The minimum Gasteiger partial charge on any atom is -0.496 e. The van der Waals surface area contributed by atoms with Crippen LogP contribution in [0.5, 0.6) is 17.2 Å². The number of ether oxygens (including phenoxy) is 4. The van der Waals surface area contributed by atoms with Crippen LogP contribution < -0.4 is 24.4 Å². The second-order valence-electron chi connectivity index (χ2n) is 7.60. The smallest absolute Gasteiger partial charge is 0.408 e. The van der Waals surface area contributed by atoms with Gasteiger partial charge in [-0.15, -0.1) is 0 Å². The number of nitrogens with zero attached hydrogens (tertiary/aromatic N) is 2. The highest BCUT2D eigenvalue weighted by atomic mass is 16.6. The Morgan fingerprint density at radius 1 is 0.941 bits per heavy atom. The van der Waals surface area contributed by atoms with Crippen LogP contribution in [-0.4, -0.2) is 46.2 Å². The molecule has 0 saturated heterocycles. The van der Waals surface area contributed by atoms with E-state index in [9.17, 15) is 4.79 Å². The maximum absolute atomic E-state index is 12.0. The number of para-hydroxylation sites is 1. The first-order valence-electron chi connectivity index (χ1n) is 10.7. The first-order chi connectivity index (χ1) is 16.5. The van der Waals surface area contributed by atoms with Crippen LogP contribution in [0, 0.1) is 6.92 Å². The summed E-state index contributed by atoms with van der Waals surface area (Å²) >= 11 is 0. The number of methoxy groups -OCH3 is 3. The maximum Gasteiger partial charge on any atom is 0.408 e. The molecule has 0 aliphatic rings. The Labute approximate surface area is 198 Å². The van der Waals surface area contributed by atoms with E-state index >= 15 is 0 Å². The standard InChI is InChI=1S/C26H27N3O5/c1-16-11-17-12-19-21(28-20(17)13-22(16)31-3)14-23(32-4)25(33-5)24(19)29(15-34-26(30)27-2)18-9-7-6-8-10-18/h6-14H,15H2,1-5H3,(H,27,30). The average Bonchev–Trinajstić information content (AvgIpc) is 2.87.